The molecule has 0 atom stereocenters. The molecule has 0 spiro atoms. The Bertz CT molecular complexity index is 305. The van der Waals surface area contributed by atoms with E-state index in [4.69, 9.17) is 0 Å². The van der Waals surface area contributed by atoms with E-state index >= 15 is 0 Å². The van der Waals surface area contributed by atoms with E-state index in [9.17, 15) is 0 Å². The van der Waals surface area contributed by atoms with Crippen molar-refractivity contribution in [3.63, 3.8) is 0 Å². The first-order valence-corrected chi connectivity index (χ1v) is 5.63. The molecule has 4 heteroatoms. The minimum Gasteiger partial charge on any atom is -0.0459 e. The maximum Gasteiger partial charge on any atom is 0.471 e. The van der Waals surface area contributed by atoms with Crippen LogP contribution in [0.4, 0.5) is 0 Å². The summed E-state index contributed by atoms with van der Waals surface area (Å²) < 4.78 is 4.11. The van der Waals surface area contributed by atoms with E-state index in [2.05, 4.69) is 61.1 Å². The monoisotopic (exact) mass is 210 g/mol. The number of aromatic nitrogens is 4. The lowest BCUT2D eigenvalue weighted by Gasteiger charge is -2.05. The second kappa shape index (κ2) is 4.64. The largest absolute Gasteiger partial charge is 0.471 e. The Labute approximate surface area is 92.0 Å². The van der Waals surface area contributed by atoms with Crippen LogP contribution in [0.3, 0.4) is 0 Å². The highest BCUT2D eigenvalue weighted by atomic mass is 15.4. The highest BCUT2D eigenvalue weighted by Crippen LogP contribution is 2.07. The fourth-order valence-electron chi connectivity index (χ4n) is 1.68. The van der Waals surface area contributed by atoms with Crippen molar-refractivity contribution in [2.24, 2.45) is 0 Å². The molecule has 84 valence electrons. The summed E-state index contributed by atoms with van der Waals surface area (Å²) in [6, 6.07) is 0.741. The van der Waals surface area contributed by atoms with Gasteiger partial charge in [-0.25, -0.2) is 0 Å². The fourth-order valence-corrected chi connectivity index (χ4v) is 1.68. The summed E-state index contributed by atoms with van der Waals surface area (Å²) in [5.41, 5.74) is 0. The topological polar surface area (TPSA) is 33.5 Å². The predicted molar refractivity (Wildman–Crippen MR) is 57.3 cm³/mol. The van der Waals surface area contributed by atoms with Crippen molar-refractivity contribution in [2.75, 3.05) is 0 Å². The van der Waals surface area contributed by atoms with E-state index in [0.29, 0.717) is 18.0 Å². The van der Waals surface area contributed by atoms with Crippen LogP contribution in [0.2, 0.25) is 0 Å². The maximum atomic E-state index is 4.33. The molecule has 0 saturated carbocycles. The van der Waals surface area contributed by atoms with Gasteiger partial charge in [-0.3, -0.25) is 0 Å². The van der Waals surface area contributed by atoms with Gasteiger partial charge >= 0.3 is 5.82 Å². The van der Waals surface area contributed by atoms with Gasteiger partial charge in [0, 0.05) is 37.9 Å². The number of hydrogen-bond acceptors (Lipinski definition) is 2. The van der Waals surface area contributed by atoms with Crippen molar-refractivity contribution in [3.05, 3.63) is 12.2 Å². The molecule has 0 N–H and O–H groups in total. The first-order chi connectivity index (χ1) is 6.95. The van der Waals surface area contributed by atoms with Crippen molar-refractivity contribution >= 4 is 0 Å². The van der Waals surface area contributed by atoms with Gasteiger partial charge in [0.15, 0.2) is 12.1 Å². The van der Waals surface area contributed by atoms with Crippen LogP contribution in [0.5, 0.6) is 0 Å². The smallest absolute Gasteiger partial charge is 0.0459 e. The molecule has 0 amide bonds. The second-order valence-electron chi connectivity index (χ2n) is 4.74. The van der Waals surface area contributed by atoms with Crippen LogP contribution in [0, 0.1) is 0 Å². The van der Waals surface area contributed by atoms with Crippen molar-refractivity contribution in [2.45, 2.75) is 59.5 Å². The molecule has 0 aliphatic rings. The van der Waals surface area contributed by atoms with Gasteiger partial charge in [0.05, 0.1) is 0 Å². The third-order valence-corrected chi connectivity index (χ3v) is 2.32. The molecule has 4 nitrogen and oxygen atoms in total. The standard InChI is InChI=1S/C11H22N4/c1-8(2)11-14(9(3)4)12-7-13-15(11)10(5)6/h7-10H,1-6H3/q+2. The summed E-state index contributed by atoms with van der Waals surface area (Å²) in [6.45, 7) is 12.9. The predicted octanol–water partition coefficient (Wildman–Crippen LogP) is 1.34. The molecule has 0 aliphatic carbocycles. The van der Waals surface area contributed by atoms with Gasteiger partial charge in [0.25, 0.3) is 0 Å². The van der Waals surface area contributed by atoms with E-state index < -0.39 is 0 Å². The first kappa shape index (κ1) is 12.0. The van der Waals surface area contributed by atoms with Crippen molar-refractivity contribution in [3.8, 4) is 0 Å². The summed E-state index contributed by atoms with van der Waals surface area (Å²) in [5, 5.41) is 8.65. The van der Waals surface area contributed by atoms with E-state index in [1.54, 1.807) is 6.33 Å². The van der Waals surface area contributed by atoms with Gasteiger partial charge in [0.2, 0.25) is 6.33 Å². The average molecular weight is 210 g/mol. The molecule has 0 aliphatic heterocycles. The van der Waals surface area contributed by atoms with Crippen LogP contribution >= 0.6 is 0 Å². The third kappa shape index (κ3) is 2.49. The Morgan fingerprint density at radius 1 is 0.867 bits per heavy atom. The van der Waals surface area contributed by atoms with Gasteiger partial charge in [0.1, 0.15) is 5.92 Å². The summed E-state index contributed by atoms with van der Waals surface area (Å²) in [6.07, 6.45) is 1.63. The Morgan fingerprint density at radius 3 is 1.53 bits per heavy atom. The maximum absolute atomic E-state index is 4.33. The van der Waals surface area contributed by atoms with Crippen molar-refractivity contribution < 1.29 is 9.36 Å². The zero-order chi connectivity index (χ0) is 11.6. The summed E-state index contributed by atoms with van der Waals surface area (Å²) in [7, 11) is 0. The summed E-state index contributed by atoms with van der Waals surface area (Å²) in [4.78, 5) is 0. The molecule has 0 fully saturated rings. The van der Waals surface area contributed by atoms with E-state index in [0.717, 1.165) is 0 Å². The molecule has 1 rings (SSSR count). The zero-order valence-corrected chi connectivity index (χ0v) is 10.6. The molecule has 1 aromatic rings. The van der Waals surface area contributed by atoms with Gasteiger partial charge in [-0.2, -0.15) is 0 Å². The van der Waals surface area contributed by atoms with E-state index in [1.165, 1.54) is 5.82 Å². The molecule has 0 radical (unpaired) electrons. The fraction of sp³-hybridized carbons (Fsp3) is 0.818. The second-order valence-corrected chi connectivity index (χ2v) is 4.74. The molecular weight excluding hydrogens is 188 g/mol. The quantitative estimate of drug-likeness (QED) is 0.705. The minimum absolute atomic E-state index is 0.371. The molecule has 0 aromatic carbocycles. The molecule has 0 bridgehead atoms. The molecule has 0 saturated heterocycles. The van der Waals surface area contributed by atoms with Crippen molar-refractivity contribution in [1.29, 1.82) is 0 Å². The van der Waals surface area contributed by atoms with Crippen molar-refractivity contribution in [1.82, 2.24) is 10.2 Å². The average Bonchev–Trinajstić information content (AvgIpc) is 2.16. The minimum atomic E-state index is 0.371. The van der Waals surface area contributed by atoms with Crippen LogP contribution in [0.15, 0.2) is 6.33 Å². The van der Waals surface area contributed by atoms with Gasteiger partial charge in [-0.05, 0) is 23.2 Å². The zero-order valence-electron chi connectivity index (χ0n) is 10.6. The van der Waals surface area contributed by atoms with Crippen LogP contribution in [-0.4, -0.2) is 10.2 Å². The summed E-state index contributed by atoms with van der Waals surface area (Å²) in [5.74, 6) is 1.61. The van der Waals surface area contributed by atoms with Crippen LogP contribution in [0.25, 0.3) is 0 Å². The molecule has 1 heterocycles. The number of nitrogens with zero attached hydrogens (tertiary/aromatic N) is 4. The van der Waals surface area contributed by atoms with E-state index in [1.807, 2.05) is 0 Å². The molecule has 0 unspecified atom stereocenters. The SMILES string of the molecule is CC(C)c1[n+](C(C)C)ncn[n+]1C(C)C. The highest BCUT2D eigenvalue weighted by molar-refractivity contribution is 4.72. The third-order valence-electron chi connectivity index (χ3n) is 2.32. The molecule has 1 aromatic heterocycles. The highest BCUT2D eigenvalue weighted by Gasteiger charge is 2.34. The molecular formula is C11H22N4+2. The lowest BCUT2D eigenvalue weighted by molar-refractivity contribution is -0.909. The lowest BCUT2D eigenvalue weighted by atomic mass is 10.2. The van der Waals surface area contributed by atoms with Gasteiger partial charge in [-0.1, -0.05) is 0 Å². The van der Waals surface area contributed by atoms with E-state index in [-0.39, 0.29) is 0 Å². The van der Waals surface area contributed by atoms with Crippen LogP contribution in [0.1, 0.15) is 65.4 Å². The van der Waals surface area contributed by atoms with Gasteiger partial charge in [-0.15, -0.1) is 0 Å². The Kier molecular flexibility index (Phi) is 3.72. The van der Waals surface area contributed by atoms with Crippen LogP contribution in [-0.2, 0) is 0 Å². The lowest BCUT2D eigenvalue weighted by Crippen LogP contribution is -2.59. The Balaban J connectivity index is 3.35. The Hall–Kier alpha value is -1.06. The summed E-state index contributed by atoms with van der Waals surface area (Å²) >= 11 is 0. The number of rotatable bonds is 3. The van der Waals surface area contributed by atoms with Crippen LogP contribution < -0.4 is 9.36 Å². The number of hydrogen-bond donors (Lipinski definition) is 0. The Morgan fingerprint density at radius 2 is 1.27 bits per heavy atom. The molecule has 15 heavy (non-hydrogen) atoms. The normalized spacial score (nSPS) is 11.8. The first-order valence-electron chi connectivity index (χ1n) is 5.63. The van der Waals surface area contributed by atoms with Gasteiger partial charge < -0.3 is 0 Å².